The third-order valence-corrected chi connectivity index (χ3v) is 5.27. The number of anilines is 1. The van der Waals surface area contributed by atoms with E-state index in [-0.39, 0.29) is 18.1 Å². The molecular formula is C19H17NO2. The van der Waals surface area contributed by atoms with Crippen LogP contribution in [0.3, 0.4) is 0 Å². The van der Waals surface area contributed by atoms with Crippen molar-refractivity contribution in [3.05, 3.63) is 65.2 Å². The van der Waals surface area contributed by atoms with Crippen LogP contribution in [0.25, 0.3) is 0 Å². The van der Waals surface area contributed by atoms with Gasteiger partial charge in [-0.1, -0.05) is 42.5 Å². The largest absolute Gasteiger partial charge is 0.299 e. The van der Waals surface area contributed by atoms with Crippen molar-refractivity contribution >= 4 is 11.5 Å². The maximum absolute atomic E-state index is 12.4. The molecule has 2 aromatic rings. The number of carbonyl (C=O) groups is 1. The molecule has 1 saturated carbocycles. The Kier molecular flexibility index (Phi) is 2.50. The van der Waals surface area contributed by atoms with Crippen molar-refractivity contribution in [3.63, 3.8) is 0 Å². The van der Waals surface area contributed by atoms with Gasteiger partial charge < -0.3 is 0 Å². The average molecular weight is 291 g/mol. The van der Waals surface area contributed by atoms with Crippen LogP contribution in [0.5, 0.6) is 0 Å². The molecule has 5 rings (SSSR count). The number of rotatable bonds is 0. The van der Waals surface area contributed by atoms with Gasteiger partial charge in [0.05, 0.1) is 23.8 Å². The van der Waals surface area contributed by atoms with Crippen LogP contribution in [0, 0.1) is 5.92 Å². The molecule has 3 heteroatoms. The predicted molar refractivity (Wildman–Crippen MR) is 83.5 cm³/mol. The number of benzene rings is 2. The maximum Gasteiger partial charge on any atom is 0.141 e. The number of Topliss-reactive ketones (excluding diaryl/α,β-unsaturated/α-hetero) is 1. The first-order chi connectivity index (χ1) is 10.8. The minimum absolute atomic E-state index is 0.0210. The number of para-hydroxylation sites is 1. The SMILES string of the molecule is O=C1CC[C@H]2ON3c4ccccc4Cc4ccccc4[C@H]3[C@@H]12. The highest BCUT2D eigenvalue weighted by Gasteiger charge is 2.52. The standard InChI is InChI=1S/C19H17NO2/c21-16-9-10-17-18(16)19-14-7-3-1-5-12(14)11-13-6-2-4-8-15(13)20(19)22-17/h1-8,17-19H,9-11H2/t17-,18+,19+/m1/s1. The van der Waals surface area contributed by atoms with Crippen LogP contribution in [0.4, 0.5) is 5.69 Å². The van der Waals surface area contributed by atoms with Crippen molar-refractivity contribution < 1.29 is 9.63 Å². The van der Waals surface area contributed by atoms with Crippen LogP contribution >= 0.6 is 0 Å². The van der Waals surface area contributed by atoms with Gasteiger partial charge in [-0.3, -0.25) is 9.63 Å². The highest BCUT2D eigenvalue weighted by atomic mass is 16.7. The quantitative estimate of drug-likeness (QED) is 0.745. The van der Waals surface area contributed by atoms with E-state index in [2.05, 4.69) is 42.5 Å². The Morgan fingerprint density at radius 1 is 1.00 bits per heavy atom. The predicted octanol–water partition coefficient (Wildman–Crippen LogP) is 3.43. The lowest BCUT2D eigenvalue weighted by atomic mass is 9.87. The lowest BCUT2D eigenvalue weighted by Gasteiger charge is -2.27. The monoisotopic (exact) mass is 291 g/mol. The van der Waals surface area contributed by atoms with Crippen molar-refractivity contribution in [1.82, 2.24) is 0 Å². The Morgan fingerprint density at radius 3 is 2.68 bits per heavy atom. The summed E-state index contributed by atoms with van der Waals surface area (Å²) >= 11 is 0. The van der Waals surface area contributed by atoms with E-state index in [1.54, 1.807) is 0 Å². The molecule has 3 nitrogen and oxygen atoms in total. The smallest absolute Gasteiger partial charge is 0.141 e. The zero-order valence-corrected chi connectivity index (χ0v) is 12.2. The molecule has 3 atom stereocenters. The third-order valence-electron chi connectivity index (χ3n) is 5.27. The molecule has 0 aromatic heterocycles. The first-order valence-electron chi connectivity index (χ1n) is 7.97. The van der Waals surface area contributed by atoms with Gasteiger partial charge in [0, 0.05) is 6.42 Å². The van der Waals surface area contributed by atoms with E-state index >= 15 is 0 Å². The van der Waals surface area contributed by atoms with Crippen molar-refractivity contribution in [2.24, 2.45) is 5.92 Å². The fourth-order valence-corrected chi connectivity index (χ4v) is 4.28. The first kappa shape index (κ1) is 12.4. The minimum Gasteiger partial charge on any atom is -0.299 e. The van der Waals surface area contributed by atoms with E-state index in [9.17, 15) is 4.79 Å². The van der Waals surface area contributed by atoms with E-state index in [4.69, 9.17) is 4.84 Å². The number of ketones is 1. The van der Waals surface area contributed by atoms with Gasteiger partial charge in [-0.05, 0) is 35.6 Å². The van der Waals surface area contributed by atoms with Crippen LogP contribution in [0.2, 0.25) is 0 Å². The molecule has 0 N–H and O–H groups in total. The van der Waals surface area contributed by atoms with E-state index in [1.165, 1.54) is 16.7 Å². The fraction of sp³-hybridized carbons (Fsp3) is 0.316. The van der Waals surface area contributed by atoms with Gasteiger partial charge in [0.15, 0.2) is 0 Å². The highest BCUT2D eigenvalue weighted by molar-refractivity contribution is 5.86. The molecule has 2 aromatic carbocycles. The second-order valence-corrected chi connectivity index (χ2v) is 6.45. The number of fused-ring (bicyclic) bond motifs is 7. The number of hydrogen-bond donors (Lipinski definition) is 0. The molecule has 1 aliphatic carbocycles. The van der Waals surface area contributed by atoms with Gasteiger partial charge in [-0.15, -0.1) is 0 Å². The molecule has 0 radical (unpaired) electrons. The molecule has 1 saturated heterocycles. The number of hydrogen-bond acceptors (Lipinski definition) is 3. The molecular weight excluding hydrogens is 274 g/mol. The molecule has 2 aliphatic heterocycles. The number of carbonyl (C=O) groups excluding carboxylic acids is 1. The maximum atomic E-state index is 12.4. The molecule has 0 bridgehead atoms. The second kappa shape index (κ2) is 4.43. The third kappa shape index (κ3) is 1.57. The summed E-state index contributed by atoms with van der Waals surface area (Å²) in [5, 5.41) is 2.02. The van der Waals surface area contributed by atoms with Crippen LogP contribution < -0.4 is 5.06 Å². The van der Waals surface area contributed by atoms with Crippen LogP contribution in [-0.4, -0.2) is 11.9 Å². The number of nitrogens with zero attached hydrogens (tertiary/aromatic N) is 1. The summed E-state index contributed by atoms with van der Waals surface area (Å²) in [4.78, 5) is 18.7. The Balaban J connectivity index is 1.75. The summed E-state index contributed by atoms with van der Waals surface area (Å²) in [7, 11) is 0. The van der Waals surface area contributed by atoms with Gasteiger partial charge in [-0.2, -0.15) is 0 Å². The summed E-state index contributed by atoms with van der Waals surface area (Å²) in [5.41, 5.74) is 4.95. The Morgan fingerprint density at radius 2 is 1.77 bits per heavy atom. The summed E-state index contributed by atoms with van der Waals surface area (Å²) in [6.07, 6.45) is 2.44. The average Bonchev–Trinajstić information content (AvgIpc) is 3.05. The topological polar surface area (TPSA) is 29.5 Å². The molecule has 2 fully saturated rings. The Bertz CT molecular complexity index is 770. The zero-order valence-electron chi connectivity index (χ0n) is 12.2. The first-order valence-corrected chi connectivity index (χ1v) is 7.97. The Labute approximate surface area is 129 Å². The fourth-order valence-electron chi connectivity index (χ4n) is 4.28. The van der Waals surface area contributed by atoms with Crippen molar-refractivity contribution in [2.45, 2.75) is 31.4 Å². The van der Waals surface area contributed by atoms with Gasteiger partial charge in [0.2, 0.25) is 0 Å². The van der Waals surface area contributed by atoms with Crippen molar-refractivity contribution in [2.75, 3.05) is 5.06 Å². The normalized spacial score (nSPS) is 28.6. The van der Waals surface area contributed by atoms with Crippen LogP contribution in [0.1, 0.15) is 35.6 Å². The van der Waals surface area contributed by atoms with E-state index < -0.39 is 0 Å². The lowest BCUT2D eigenvalue weighted by molar-refractivity contribution is -0.121. The van der Waals surface area contributed by atoms with E-state index in [1.807, 2.05) is 11.1 Å². The van der Waals surface area contributed by atoms with Gasteiger partial charge in [0.25, 0.3) is 0 Å². The molecule has 22 heavy (non-hydrogen) atoms. The van der Waals surface area contributed by atoms with Crippen LogP contribution in [0.15, 0.2) is 48.5 Å². The van der Waals surface area contributed by atoms with Gasteiger partial charge in [-0.25, -0.2) is 5.06 Å². The summed E-state index contributed by atoms with van der Waals surface area (Å²) in [6, 6.07) is 16.9. The summed E-state index contributed by atoms with van der Waals surface area (Å²) < 4.78 is 0. The van der Waals surface area contributed by atoms with E-state index in [0.29, 0.717) is 12.2 Å². The zero-order chi connectivity index (χ0) is 14.7. The summed E-state index contributed by atoms with van der Waals surface area (Å²) in [6.45, 7) is 0. The van der Waals surface area contributed by atoms with Gasteiger partial charge in [0.1, 0.15) is 5.78 Å². The molecule has 0 spiro atoms. The lowest BCUT2D eigenvalue weighted by Crippen LogP contribution is -2.27. The van der Waals surface area contributed by atoms with Crippen LogP contribution in [-0.2, 0) is 16.1 Å². The van der Waals surface area contributed by atoms with Crippen molar-refractivity contribution in [1.29, 1.82) is 0 Å². The number of hydroxylamine groups is 1. The molecule has 0 amide bonds. The molecule has 0 unspecified atom stereocenters. The van der Waals surface area contributed by atoms with Crippen molar-refractivity contribution in [3.8, 4) is 0 Å². The molecule has 110 valence electrons. The second-order valence-electron chi connectivity index (χ2n) is 6.45. The highest BCUT2D eigenvalue weighted by Crippen LogP contribution is 2.50. The summed E-state index contributed by atoms with van der Waals surface area (Å²) in [5.74, 6) is 0.332. The Hall–Kier alpha value is -2.13. The molecule has 2 heterocycles. The van der Waals surface area contributed by atoms with Gasteiger partial charge >= 0.3 is 0 Å². The van der Waals surface area contributed by atoms with E-state index in [0.717, 1.165) is 18.5 Å². The molecule has 3 aliphatic rings. The minimum atomic E-state index is -0.0210.